The third-order valence-electron chi connectivity index (χ3n) is 2.45. The minimum absolute atomic E-state index is 0.674. The van der Waals surface area contributed by atoms with Crippen molar-refractivity contribution in [2.75, 3.05) is 7.11 Å². The van der Waals surface area contributed by atoms with Gasteiger partial charge in [-0.3, -0.25) is 0 Å². The summed E-state index contributed by atoms with van der Waals surface area (Å²) in [4.78, 5) is 4.19. The number of methoxy groups -OCH3 is 1. The summed E-state index contributed by atoms with van der Waals surface area (Å²) in [6, 6.07) is 7.99. The topological polar surface area (TPSA) is 27.1 Å². The summed E-state index contributed by atoms with van der Waals surface area (Å²) in [7, 11) is 1.62. The van der Waals surface area contributed by atoms with E-state index < -0.39 is 0 Å². The van der Waals surface area contributed by atoms with Gasteiger partial charge < -0.3 is 9.30 Å². The average Bonchev–Trinajstić information content (AvgIpc) is 2.75. The van der Waals surface area contributed by atoms with E-state index in [2.05, 4.69) is 11.6 Å². The monoisotopic (exact) mass is 214 g/mol. The van der Waals surface area contributed by atoms with Crippen LogP contribution in [0, 0.1) is 6.92 Å². The van der Waals surface area contributed by atoms with Gasteiger partial charge >= 0.3 is 0 Å². The van der Waals surface area contributed by atoms with Crippen LogP contribution in [0.1, 0.15) is 11.3 Å². The Morgan fingerprint density at radius 1 is 1.31 bits per heavy atom. The van der Waals surface area contributed by atoms with Crippen molar-refractivity contribution in [1.29, 1.82) is 0 Å². The Labute approximate surface area is 95.0 Å². The zero-order valence-corrected chi connectivity index (χ0v) is 9.47. The summed E-state index contributed by atoms with van der Waals surface area (Å²) < 4.78 is 7.05. The van der Waals surface area contributed by atoms with Gasteiger partial charge in [0.1, 0.15) is 5.76 Å². The lowest BCUT2D eigenvalue weighted by Crippen LogP contribution is -1.91. The minimum atomic E-state index is 0.674. The third kappa shape index (κ3) is 1.98. The highest BCUT2D eigenvalue weighted by atomic mass is 16.5. The van der Waals surface area contributed by atoms with E-state index in [-0.39, 0.29) is 0 Å². The molecule has 0 radical (unpaired) electrons. The van der Waals surface area contributed by atoms with Crippen molar-refractivity contribution in [3.05, 3.63) is 54.6 Å². The number of hydrogen-bond donors (Lipinski definition) is 0. The van der Waals surface area contributed by atoms with Crippen molar-refractivity contribution in [1.82, 2.24) is 9.55 Å². The Kier molecular flexibility index (Phi) is 2.77. The molecular formula is C13H14N2O. The van der Waals surface area contributed by atoms with Crippen LogP contribution >= 0.6 is 0 Å². The molecule has 0 N–H and O–H groups in total. The minimum Gasteiger partial charge on any atom is -0.497 e. The number of benzene rings is 1. The van der Waals surface area contributed by atoms with Crippen LogP contribution in [0.3, 0.4) is 0 Å². The Hall–Kier alpha value is -2.03. The van der Waals surface area contributed by atoms with Crippen LogP contribution in [0.4, 0.5) is 0 Å². The second-order valence-electron chi connectivity index (χ2n) is 3.60. The summed E-state index contributed by atoms with van der Waals surface area (Å²) >= 11 is 0. The molecule has 3 heteroatoms. The van der Waals surface area contributed by atoms with Gasteiger partial charge in [-0.05, 0) is 31.2 Å². The number of aromatic nitrogens is 2. The first-order chi connectivity index (χ1) is 7.70. The lowest BCUT2D eigenvalue weighted by molar-refractivity contribution is 0.371. The molecule has 0 saturated carbocycles. The number of hydrogen-bond acceptors (Lipinski definition) is 2. The first-order valence-electron chi connectivity index (χ1n) is 5.05. The molecule has 0 spiro atoms. The Morgan fingerprint density at radius 3 is 2.50 bits per heavy atom. The maximum absolute atomic E-state index is 5.07. The van der Waals surface area contributed by atoms with Crippen molar-refractivity contribution in [2.45, 2.75) is 6.92 Å². The third-order valence-corrected chi connectivity index (χ3v) is 2.45. The van der Waals surface area contributed by atoms with Crippen molar-refractivity contribution in [3.8, 4) is 5.69 Å². The zero-order valence-electron chi connectivity index (χ0n) is 9.47. The van der Waals surface area contributed by atoms with Crippen LogP contribution in [0.2, 0.25) is 0 Å². The van der Waals surface area contributed by atoms with Gasteiger partial charge in [0.15, 0.2) is 0 Å². The molecule has 1 aromatic carbocycles. The van der Waals surface area contributed by atoms with Gasteiger partial charge in [0, 0.05) is 17.4 Å². The van der Waals surface area contributed by atoms with Gasteiger partial charge in [0.25, 0.3) is 0 Å². The van der Waals surface area contributed by atoms with E-state index >= 15 is 0 Å². The standard InChI is InChI=1S/C13H14N2O/c1-10-8-15(9-14-10)13-6-4-12(5-7-13)11(2)16-3/h4-9H,2H2,1,3H3. The summed E-state index contributed by atoms with van der Waals surface area (Å²) in [5.74, 6) is 0.674. The maximum atomic E-state index is 5.07. The SMILES string of the molecule is C=C(OC)c1ccc(-n2cnc(C)c2)cc1. The molecule has 0 amide bonds. The predicted octanol–water partition coefficient (Wildman–Crippen LogP) is 2.80. The molecule has 0 bridgehead atoms. The van der Waals surface area contributed by atoms with E-state index in [0.29, 0.717) is 5.76 Å². The van der Waals surface area contributed by atoms with E-state index in [1.807, 2.05) is 42.0 Å². The molecular weight excluding hydrogens is 200 g/mol. The highest BCUT2D eigenvalue weighted by Crippen LogP contribution is 2.16. The molecule has 2 aromatic rings. The smallest absolute Gasteiger partial charge is 0.118 e. The first-order valence-corrected chi connectivity index (χ1v) is 5.05. The van der Waals surface area contributed by atoms with E-state index in [1.165, 1.54) is 0 Å². The van der Waals surface area contributed by atoms with Gasteiger partial charge in [0.05, 0.1) is 19.1 Å². The van der Waals surface area contributed by atoms with Crippen LogP contribution in [0.15, 0.2) is 43.4 Å². The van der Waals surface area contributed by atoms with Crippen molar-refractivity contribution >= 4 is 5.76 Å². The van der Waals surface area contributed by atoms with Gasteiger partial charge in [-0.2, -0.15) is 0 Å². The van der Waals surface area contributed by atoms with E-state index in [4.69, 9.17) is 4.74 Å². The molecule has 16 heavy (non-hydrogen) atoms. The predicted molar refractivity (Wildman–Crippen MR) is 64.3 cm³/mol. The number of ether oxygens (including phenoxy) is 1. The van der Waals surface area contributed by atoms with Crippen LogP contribution in [0.25, 0.3) is 11.4 Å². The van der Waals surface area contributed by atoms with Crippen molar-refractivity contribution in [2.24, 2.45) is 0 Å². The van der Waals surface area contributed by atoms with Crippen LogP contribution in [0.5, 0.6) is 0 Å². The number of nitrogens with zero attached hydrogens (tertiary/aromatic N) is 2. The largest absolute Gasteiger partial charge is 0.497 e. The fourth-order valence-corrected chi connectivity index (χ4v) is 1.50. The molecule has 82 valence electrons. The Balaban J connectivity index is 2.29. The fraction of sp³-hybridized carbons (Fsp3) is 0.154. The molecule has 0 aliphatic rings. The molecule has 1 heterocycles. The van der Waals surface area contributed by atoms with E-state index in [0.717, 1.165) is 16.9 Å². The summed E-state index contributed by atoms with van der Waals surface area (Å²) in [6.07, 6.45) is 3.79. The molecule has 0 aliphatic carbocycles. The maximum Gasteiger partial charge on any atom is 0.118 e. The molecule has 3 nitrogen and oxygen atoms in total. The van der Waals surface area contributed by atoms with Gasteiger partial charge in [-0.25, -0.2) is 4.98 Å². The zero-order chi connectivity index (χ0) is 11.5. The average molecular weight is 214 g/mol. The molecule has 0 atom stereocenters. The lowest BCUT2D eigenvalue weighted by Gasteiger charge is -2.06. The second-order valence-corrected chi connectivity index (χ2v) is 3.60. The normalized spacial score (nSPS) is 10.1. The first kappa shape index (κ1) is 10.5. The van der Waals surface area contributed by atoms with Crippen LogP contribution in [-0.4, -0.2) is 16.7 Å². The fourth-order valence-electron chi connectivity index (χ4n) is 1.50. The molecule has 0 saturated heterocycles. The van der Waals surface area contributed by atoms with E-state index in [9.17, 15) is 0 Å². The number of imidazole rings is 1. The molecule has 2 rings (SSSR count). The summed E-state index contributed by atoms with van der Waals surface area (Å²) in [5.41, 5.74) is 3.07. The van der Waals surface area contributed by atoms with Gasteiger partial charge in [0.2, 0.25) is 0 Å². The Bertz CT molecular complexity index is 497. The molecule has 1 aromatic heterocycles. The molecule has 0 fully saturated rings. The van der Waals surface area contributed by atoms with Crippen LogP contribution in [-0.2, 0) is 4.74 Å². The lowest BCUT2D eigenvalue weighted by atomic mass is 10.2. The molecule has 0 aliphatic heterocycles. The highest BCUT2D eigenvalue weighted by Gasteiger charge is 2.00. The highest BCUT2D eigenvalue weighted by molar-refractivity contribution is 5.58. The summed E-state index contributed by atoms with van der Waals surface area (Å²) in [6.45, 7) is 5.78. The van der Waals surface area contributed by atoms with Crippen molar-refractivity contribution in [3.63, 3.8) is 0 Å². The number of rotatable bonds is 3. The van der Waals surface area contributed by atoms with Crippen molar-refractivity contribution < 1.29 is 4.74 Å². The second kappa shape index (κ2) is 4.23. The van der Waals surface area contributed by atoms with Crippen LogP contribution < -0.4 is 0 Å². The van der Waals surface area contributed by atoms with Gasteiger partial charge in [-0.1, -0.05) is 6.58 Å². The van der Waals surface area contributed by atoms with E-state index in [1.54, 1.807) is 13.4 Å². The van der Waals surface area contributed by atoms with Gasteiger partial charge in [-0.15, -0.1) is 0 Å². The molecule has 0 unspecified atom stereocenters. The Morgan fingerprint density at radius 2 is 2.00 bits per heavy atom. The summed E-state index contributed by atoms with van der Waals surface area (Å²) in [5, 5.41) is 0. The quantitative estimate of drug-likeness (QED) is 0.734. The number of aryl methyl sites for hydroxylation is 1.